The van der Waals surface area contributed by atoms with Gasteiger partial charge in [0.1, 0.15) is 11.6 Å². The molecule has 1 atom stereocenters. The van der Waals surface area contributed by atoms with E-state index < -0.39 is 15.9 Å². The molecule has 0 unspecified atom stereocenters. The number of hydrogen-bond acceptors (Lipinski definition) is 9. The molecule has 0 bridgehead atoms. The van der Waals surface area contributed by atoms with Crippen molar-refractivity contribution in [1.82, 2.24) is 19.7 Å². The lowest BCUT2D eigenvalue weighted by molar-refractivity contribution is 0.0981. The Morgan fingerprint density at radius 1 is 1.18 bits per heavy atom. The predicted octanol–water partition coefficient (Wildman–Crippen LogP) is 4.54. The quantitative estimate of drug-likeness (QED) is 0.431. The zero-order valence-electron chi connectivity index (χ0n) is 23.2. The van der Waals surface area contributed by atoms with Crippen LogP contribution >= 0.6 is 0 Å². The van der Waals surface area contributed by atoms with Crippen LogP contribution in [0.2, 0.25) is 0 Å². The second-order valence-electron chi connectivity index (χ2n) is 11.9. The maximum absolute atomic E-state index is 13.4. The highest BCUT2D eigenvalue weighted by Gasteiger charge is 2.39. The molecule has 3 N–H and O–H groups in total. The summed E-state index contributed by atoms with van der Waals surface area (Å²) in [5.41, 5.74) is 6.85. The van der Waals surface area contributed by atoms with Crippen LogP contribution in [0.15, 0.2) is 53.7 Å². The molecule has 1 aliphatic rings. The molecular weight excluding hydrogens is 516 g/mol. The highest BCUT2D eigenvalue weighted by Crippen LogP contribution is 2.38. The van der Waals surface area contributed by atoms with E-state index in [4.69, 9.17) is 15.5 Å². The highest BCUT2D eigenvalue weighted by atomic mass is 32.2. The lowest BCUT2D eigenvalue weighted by Crippen LogP contribution is -2.41. The number of nitrogens with zero attached hydrogens (tertiary/aromatic N) is 4. The molecule has 11 heteroatoms. The van der Waals surface area contributed by atoms with Crippen LogP contribution in [-0.2, 0) is 10.0 Å². The fraction of sp³-hybridized carbons (Fsp3) is 0.429. The van der Waals surface area contributed by atoms with Gasteiger partial charge in [-0.15, -0.1) is 0 Å². The molecule has 1 fully saturated rings. The zero-order chi connectivity index (χ0) is 28.6. The fourth-order valence-corrected chi connectivity index (χ4v) is 5.61. The van der Waals surface area contributed by atoms with E-state index in [0.29, 0.717) is 36.5 Å². The molecule has 4 heterocycles. The van der Waals surface area contributed by atoms with Gasteiger partial charge in [-0.1, -0.05) is 33.8 Å². The van der Waals surface area contributed by atoms with Crippen molar-refractivity contribution in [1.29, 1.82) is 0 Å². The number of nitrogens with one attached hydrogen (secondary N) is 1. The van der Waals surface area contributed by atoms with Gasteiger partial charge in [-0.3, -0.25) is 4.79 Å². The van der Waals surface area contributed by atoms with Crippen molar-refractivity contribution in [2.45, 2.75) is 58.5 Å². The van der Waals surface area contributed by atoms with Gasteiger partial charge in [0.05, 0.1) is 17.9 Å². The van der Waals surface area contributed by atoms with Gasteiger partial charge in [0.25, 0.3) is 15.9 Å². The van der Waals surface area contributed by atoms with Crippen LogP contribution in [0.1, 0.15) is 59.7 Å². The Labute approximate surface area is 231 Å². The smallest absolute Gasteiger partial charge is 0.281 e. The maximum atomic E-state index is 13.4. The summed E-state index contributed by atoms with van der Waals surface area (Å²) in [7, 11) is -4.25. The minimum absolute atomic E-state index is 0. The van der Waals surface area contributed by atoms with Crippen molar-refractivity contribution in [3.8, 4) is 17.1 Å². The summed E-state index contributed by atoms with van der Waals surface area (Å²) in [4.78, 5) is 28.6. The first kappa shape index (κ1) is 28.3. The van der Waals surface area contributed by atoms with E-state index in [0.717, 1.165) is 12.0 Å². The monoisotopic (exact) mass is 554 g/mol. The Morgan fingerprint density at radius 3 is 2.51 bits per heavy atom. The van der Waals surface area contributed by atoms with Gasteiger partial charge in [0.15, 0.2) is 5.03 Å². The number of aromatic nitrogens is 3. The van der Waals surface area contributed by atoms with E-state index >= 15 is 0 Å². The third-order valence-corrected chi connectivity index (χ3v) is 7.61. The lowest BCUT2D eigenvalue weighted by Gasteiger charge is -2.34. The average Bonchev–Trinajstić information content (AvgIpc) is 3.13. The standard InChI is InChI=1S/C28H36N6O4S.H2/c1-18-14-28(5,6)34(16-18)25-20(26(35)33-39(36,37)24-9-7-8-22(29)32-24)11-12-21(31-25)19-10-13-23(30-15-19)38-17-27(2,3)4;/h7-13,15,18H,14,16-17H2,1-6H3,(H2,29,32)(H,33,35);1H/t18-;/m0./s1. The number of pyridine rings is 3. The Bertz CT molecular complexity index is 1470. The summed E-state index contributed by atoms with van der Waals surface area (Å²) in [6.07, 6.45) is 2.57. The second-order valence-corrected chi connectivity index (χ2v) is 13.5. The normalized spacial score (nSPS) is 17.2. The Morgan fingerprint density at radius 2 is 1.92 bits per heavy atom. The number of sulfonamides is 1. The molecule has 1 amide bonds. The van der Waals surface area contributed by atoms with Gasteiger partial charge in [-0.05, 0) is 61.9 Å². The largest absolute Gasteiger partial charge is 0.477 e. The van der Waals surface area contributed by atoms with E-state index in [9.17, 15) is 13.2 Å². The van der Waals surface area contributed by atoms with Crippen LogP contribution in [0, 0.1) is 11.3 Å². The van der Waals surface area contributed by atoms with Gasteiger partial charge >= 0.3 is 0 Å². The van der Waals surface area contributed by atoms with E-state index in [-0.39, 0.29) is 28.8 Å². The Kier molecular flexibility index (Phi) is 7.57. The van der Waals surface area contributed by atoms with Crippen molar-refractivity contribution in [3.05, 3.63) is 54.2 Å². The van der Waals surface area contributed by atoms with Crippen LogP contribution in [0.3, 0.4) is 0 Å². The molecule has 39 heavy (non-hydrogen) atoms. The molecule has 0 saturated carbocycles. The van der Waals surface area contributed by atoms with Crippen molar-refractivity contribution in [3.63, 3.8) is 0 Å². The summed E-state index contributed by atoms with van der Waals surface area (Å²) >= 11 is 0. The first-order valence-corrected chi connectivity index (χ1v) is 14.3. The molecule has 0 aliphatic carbocycles. The molecule has 10 nitrogen and oxygen atoms in total. The summed E-state index contributed by atoms with van der Waals surface area (Å²) in [6.45, 7) is 13.8. The lowest BCUT2D eigenvalue weighted by atomic mass is 9.97. The summed E-state index contributed by atoms with van der Waals surface area (Å²) < 4.78 is 33.7. The number of amides is 1. The fourth-order valence-electron chi connectivity index (χ4n) is 4.67. The molecule has 210 valence electrons. The van der Waals surface area contributed by atoms with Crippen molar-refractivity contribution >= 4 is 27.6 Å². The highest BCUT2D eigenvalue weighted by molar-refractivity contribution is 7.90. The van der Waals surface area contributed by atoms with Crippen molar-refractivity contribution in [2.75, 3.05) is 23.8 Å². The SMILES string of the molecule is C[C@@H]1CN(c2nc(-c3ccc(OCC(C)(C)C)nc3)ccc2C(=O)NS(=O)(=O)c2cccc(N)n2)C(C)(C)C1.[HH]. The Hall–Kier alpha value is -3.73. The molecule has 0 spiro atoms. The molecule has 1 saturated heterocycles. The third kappa shape index (κ3) is 6.65. The van der Waals surface area contributed by atoms with Crippen LogP contribution in [0.25, 0.3) is 11.3 Å². The van der Waals surface area contributed by atoms with E-state index in [1.165, 1.54) is 18.2 Å². The first-order valence-electron chi connectivity index (χ1n) is 12.8. The van der Waals surface area contributed by atoms with Gasteiger partial charge in [0.2, 0.25) is 5.88 Å². The van der Waals surface area contributed by atoms with Crippen LogP contribution < -0.4 is 20.1 Å². The molecule has 0 radical (unpaired) electrons. The van der Waals surface area contributed by atoms with Crippen molar-refractivity contribution < 1.29 is 19.4 Å². The minimum Gasteiger partial charge on any atom is -0.477 e. The van der Waals surface area contributed by atoms with Gasteiger partial charge in [-0.25, -0.2) is 19.7 Å². The molecule has 0 aromatic carbocycles. The molecule has 1 aliphatic heterocycles. The zero-order valence-corrected chi connectivity index (χ0v) is 24.0. The number of nitrogen functional groups attached to an aromatic ring is 1. The number of anilines is 2. The third-order valence-electron chi connectivity index (χ3n) is 6.38. The number of ether oxygens (including phenoxy) is 1. The van der Waals surface area contributed by atoms with Gasteiger partial charge in [-0.2, -0.15) is 8.42 Å². The van der Waals surface area contributed by atoms with Crippen LogP contribution in [-0.4, -0.2) is 48.0 Å². The maximum Gasteiger partial charge on any atom is 0.281 e. The summed E-state index contributed by atoms with van der Waals surface area (Å²) in [5.74, 6) is 0.520. The van der Waals surface area contributed by atoms with E-state index in [2.05, 4.69) is 61.1 Å². The molecule has 3 aromatic rings. The molecular formula is C28H38N6O4S. The average molecular weight is 555 g/mol. The van der Waals surface area contributed by atoms with Crippen LogP contribution in [0.4, 0.5) is 11.6 Å². The topological polar surface area (TPSA) is 140 Å². The Balaban J connectivity index is 0.00000441. The number of hydrogen-bond donors (Lipinski definition) is 2. The number of carbonyl (C=O) groups is 1. The van der Waals surface area contributed by atoms with Crippen LogP contribution in [0.5, 0.6) is 5.88 Å². The molecule has 4 rings (SSSR count). The van der Waals surface area contributed by atoms with E-state index in [1.807, 2.05) is 6.07 Å². The second kappa shape index (κ2) is 10.4. The first-order chi connectivity index (χ1) is 18.1. The van der Waals surface area contributed by atoms with E-state index in [1.54, 1.807) is 24.4 Å². The summed E-state index contributed by atoms with van der Waals surface area (Å²) in [6, 6.07) is 11.1. The predicted molar refractivity (Wildman–Crippen MR) is 153 cm³/mol. The number of nitrogens with two attached hydrogens (primary N) is 1. The van der Waals surface area contributed by atoms with Crippen molar-refractivity contribution in [2.24, 2.45) is 11.3 Å². The number of rotatable bonds is 7. The number of carbonyl (C=O) groups excluding carboxylic acids is 1. The van der Waals surface area contributed by atoms with Gasteiger partial charge < -0.3 is 15.4 Å². The van der Waals surface area contributed by atoms with Gasteiger partial charge in [0, 0.05) is 31.3 Å². The minimum atomic E-state index is -4.25. The summed E-state index contributed by atoms with van der Waals surface area (Å²) in [5, 5.41) is -0.336. The molecule has 3 aromatic heterocycles.